The first kappa shape index (κ1) is 21.2. The van der Waals surface area contributed by atoms with Crippen molar-refractivity contribution in [3.05, 3.63) is 94.0 Å². The Balaban J connectivity index is 1.71. The molecule has 0 aliphatic rings. The number of anilines is 1. The molecule has 3 rings (SSSR count). The van der Waals surface area contributed by atoms with Crippen LogP contribution >= 0.6 is 15.9 Å². The lowest BCUT2D eigenvalue weighted by atomic mass is 10.1. The molecular weight excluding hydrogens is 452 g/mol. The first-order valence-corrected chi connectivity index (χ1v) is 11.2. The third-order valence-electron chi connectivity index (χ3n) is 4.50. The van der Waals surface area contributed by atoms with Gasteiger partial charge in [-0.2, -0.15) is 4.31 Å². The molecule has 7 heteroatoms. The van der Waals surface area contributed by atoms with E-state index in [4.69, 9.17) is 0 Å². The minimum atomic E-state index is -3.63. The molecule has 0 heterocycles. The number of nitrogens with one attached hydrogen (secondary N) is 1. The summed E-state index contributed by atoms with van der Waals surface area (Å²) >= 11 is 3.42. The van der Waals surface area contributed by atoms with Gasteiger partial charge in [0.15, 0.2) is 0 Å². The minimum Gasteiger partial charge on any atom is -0.322 e. The first-order chi connectivity index (χ1) is 13.8. The molecule has 5 nitrogen and oxygen atoms in total. The molecule has 0 unspecified atom stereocenters. The zero-order valence-corrected chi connectivity index (χ0v) is 18.5. The second-order valence-electron chi connectivity index (χ2n) is 6.69. The number of aryl methyl sites for hydroxylation is 1. The molecule has 0 aliphatic carbocycles. The number of benzene rings is 3. The van der Waals surface area contributed by atoms with Crippen LogP contribution < -0.4 is 5.32 Å². The van der Waals surface area contributed by atoms with Crippen molar-refractivity contribution in [1.82, 2.24) is 4.31 Å². The largest absolute Gasteiger partial charge is 0.322 e. The number of amides is 1. The molecular formula is C22H21BrN2O3S. The second-order valence-corrected chi connectivity index (χ2v) is 9.59. The highest BCUT2D eigenvalue weighted by atomic mass is 79.9. The van der Waals surface area contributed by atoms with E-state index in [1.807, 2.05) is 43.3 Å². The number of nitrogens with zero attached hydrogens (tertiary/aromatic N) is 1. The zero-order valence-electron chi connectivity index (χ0n) is 16.1. The van der Waals surface area contributed by atoms with E-state index < -0.39 is 10.0 Å². The van der Waals surface area contributed by atoms with Gasteiger partial charge in [0, 0.05) is 29.3 Å². The van der Waals surface area contributed by atoms with Crippen molar-refractivity contribution >= 4 is 37.5 Å². The fourth-order valence-electron chi connectivity index (χ4n) is 2.75. The molecule has 0 spiro atoms. The van der Waals surface area contributed by atoms with Crippen molar-refractivity contribution in [2.45, 2.75) is 18.4 Å². The number of hydrogen-bond acceptors (Lipinski definition) is 3. The van der Waals surface area contributed by atoms with E-state index in [0.29, 0.717) is 11.3 Å². The van der Waals surface area contributed by atoms with Gasteiger partial charge < -0.3 is 5.32 Å². The van der Waals surface area contributed by atoms with Gasteiger partial charge in [-0.25, -0.2) is 8.42 Å². The van der Waals surface area contributed by atoms with E-state index in [9.17, 15) is 13.2 Å². The van der Waals surface area contributed by atoms with Gasteiger partial charge in [-0.15, -0.1) is 0 Å². The molecule has 0 aliphatic heterocycles. The van der Waals surface area contributed by atoms with Gasteiger partial charge >= 0.3 is 0 Å². The molecule has 0 bridgehead atoms. The second kappa shape index (κ2) is 8.90. The zero-order chi connectivity index (χ0) is 21.0. The van der Waals surface area contributed by atoms with Crippen LogP contribution in [-0.2, 0) is 16.6 Å². The normalized spacial score (nSPS) is 11.4. The summed E-state index contributed by atoms with van der Waals surface area (Å²) in [4.78, 5) is 12.6. The average Bonchev–Trinajstić information content (AvgIpc) is 2.71. The third-order valence-corrected chi connectivity index (χ3v) is 7.17. The molecule has 0 atom stereocenters. The number of carbonyl (C=O) groups is 1. The van der Waals surface area contributed by atoms with Crippen LogP contribution in [0.1, 0.15) is 21.5 Å². The van der Waals surface area contributed by atoms with E-state index in [1.54, 1.807) is 31.3 Å². The lowest BCUT2D eigenvalue weighted by molar-refractivity contribution is 0.102. The molecule has 3 aromatic carbocycles. The van der Waals surface area contributed by atoms with Crippen molar-refractivity contribution < 1.29 is 13.2 Å². The molecule has 0 aromatic heterocycles. The van der Waals surface area contributed by atoms with Crippen molar-refractivity contribution in [3.8, 4) is 0 Å². The monoisotopic (exact) mass is 472 g/mol. The predicted molar refractivity (Wildman–Crippen MR) is 118 cm³/mol. The maximum atomic E-state index is 12.8. The highest BCUT2D eigenvalue weighted by Crippen LogP contribution is 2.21. The van der Waals surface area contributed by atoms with Crippen molar-refractivity contribution in [3.63, 3.8) is 0 Å². The smallest absolute Gasteiger partial charge is 0.255 e. The molecule has 0 saturated heterocycles. The van der Waals surface area contributed by atoms with Gasteiger partial charge in [-0.05, 0) is 54.4 Å². The summed E-state index contributed by atoms with van der Waals surface area (Å²) in [5.41, 5.74) is 2.99. The van der Waals surface area contributed by atoms with Crippen LogP contribution in [0.25, 0.3) is 0 Å². The fraction of sp³-hybridized carbons (Fsp3) is 0.136. The van der Waals surface area contributed by atoms with Crippen LogP contribution in [0, 0.1) is 6.92 Å². The fourth-order valence-corrected chi connectivity index (χ4v) is 4.29. The summed E-state index contributed by atoms with van der Waals surface area (Å²) in [6.07, 6.45) is 0. The number of hydrogen-bond donors (Lipinski definition) is 1. The molecule has 150 valence electrons. The van der Waals surface area contributed by atoms with Gasteiger partial charge in [-0.1, -0.05) is 52.3 Å². The summed E-state index contributed by atoms with van der Waals surface area (Å²) in [5.74, 6) is -0.262. The van der Waals surface area contributed by atoms with E-state index in [-0.39, 0.29) is 17.3 Å². The van der Waals surface area contributed by atoms with E-state index >= 15 is 0 Å². The number of halogens is 1. The van der Waals surface area contributed by atoms with Gasteiger partial charge in [-0.3, -0.25) is 4.79 Å². The van der Waals surface area contributed by atoms with Crippen LogP contribution in [0.5, 0.6) is 0 Å². The van der Waals surface area contributed by atoms with E-state index in [0.717, 1.165) is 15.6 Å². The topological polar surface area (TPSA) is 66.5 Å². The highest BCUT2D eigenvalue weighted by Gasteiger charge is 2.21. The average molecular weight is 473 g/mol. The Kier molecular flexibility index (Phi) is 6.52. The summed E-state index contributed by atoms with van der Waals surface area (Å²) in [5, 5.41) is 2.78. The molecule has 3 aromatic rings. The maximum Gasteiger partial charge on any atom is 0.255 e. The molecule has 0 saturated carbocycles. The van der Waals surface area contributed by atoms with Crippen LogP contribution in [0.2, 0.25) is 0 Å². The Hall–Kier alpha value is -2.48. The van der Waals surface area contributed by atoms with Crippen LogP contribution in [-0.4, -0.2) is 25.7 Å². The van der Waals surface area contributed by atoms with Gasteiger partial charge in [0.2, 0.25) is 10.0 Å². The molecule has 0 fully saturated rings. The van der Waals surface area contributed by atoms with Crippen LogP contribution in [0.15, 0.2) is 82.2 Å². The summed E-state index contributed by atoms with van der Waals surface area (Å²) in [7, 11) is -2.08. The molecule has 1 N–H and O–H groups in total. The van der Waals surface area contributed by atoms with Crippen molar-refractivity contribution in [1.29, 1.82) is 0 Å². The quantitative estimate of drug-likeness (QED) is 0.558. The minimum absolute atomic E-state index is 0.173. The Morgan fingerprint density at radius 3 is 2.28 bits per heavy atom. The van der Waals surface area contributed by atoms with Crippen molar-refractivity contribution in [2.75, 3.05) is 12.4 Å². The summed E-state index contributed by atoms with van der Waals surface area (Å²) in [6, 6.07) is 20.9. The Morgan fingerprint density at radius 1 is 1.00 bits per heavy atom. The molecule has 29 heavy (non-hydrogen) atoms. The Bertz CT molecular complexity index is 1110. The standard InChI is InChI=1S/C22H21BrN2O3S/c1-16-8-9-18(14-21(16)23)22(26)24-19-10-12-20(13-11-19)29(27,28)25(2)15-17-6-4-3-5-7-17/h3-14H,15H2,1-2H3,(H,24,26). The lowest BCUT2D eigenvalue weighted by Gasteiger charge is -2.17. The molecule has 0 radical (unpaired) electrons. The summed E-state index contributed by atoms with van der Waals surface area (Å²) < 4.78 is 27.7. The van der Waals surface area contributed by atoms with Gasteiger partial charge in [0.1, 0.15) is 0 Å². The Morgan fingerprint density at radius 2 is 1.66 bits per heavy atom. The number of sulfonamides is 1. The lowest BCUT2D eigenvalue weighted by Crippen LogP contribution is -2.26. The van der Waals surface area contributed by atoms with Crippen LogP contribution in [0.3, 0.4) is 0 Å². The Labute approximate surface area is 179 Å². The highest BCUT2D eigenvalue weighted by molar-refractivity contribution is 9.10. The number of carbonyl (C=O) groups excluding carboxylic acids is 1. The SMILES string of the molecule is Cc1ccc(C(=O)Nc2ccc(S(=O)(=O)N(C)Cc3ccccc3)cc2)cc1Br. The third kappa shape index (κ3) is 5.12. The first-order valence-electron chi connectivity index (χ1n) is 8.95. The van der Waals surface area contributed by atoms with Gasteiger partial charge in [0.25, 0.3) is 5.91 Å². The number of rotatable bonds is 6. The summed E-state index contributed by atoms with van der Waals surface area (Å²) in [6.45, 7) is 2.23. The van der Waals surface area contributed by atoms with E-state index in [2.05, 4.69) is 21.2 Å². The predicted octanol–water partition coefficient (Wildman–Crippen LogP) is 4.83. The molecule has 1 amide bonds. The van der Waals surface area contributed by atoms with Gasteiger partial charge in [0.05, 0.1) is 4.90 Å². The maximum absolute atomic E-state index is 12.8. The van der Waals surface area contributed by atoms with Crippen LogP contribution in [0.4, 0.5) is 5.69 Å². The van der Waals surface area contributed by atoms with Crippen molar-refractivity contribution in [2.24, 2.45) is 0 Å². The van der Waals surface area contributed by atoms with E-state index in [1.165, 1.54) is 16.4 Å².